The molecule has 3 rings (SSSR count). The van der Waals surface area contributed by atoms with E-state index in [0.717, 1.165) is 39.0 Å². The minimum absolute atomic E-state index is 0.0817. The summed E-state index contributed by atoms with van der Waals surface area (Å²) in [4.78, 5) is 14.6. The fourth-order valence-electron chi connectivity index (χ4n) is 3.07. The smallest absolute Gasteiger partial charge is 0.228 e. The SMILES string of the molecule is O=C(C1CCOC1)N1CCCCC1Cn1cccn1. The van der Waals surface area contributed by atoms with E-state index < -0.39 is 0 Å². The number of piperidine rings is 1. The van der Waals surface area contributed by atoms with Gasteiger partial charge in [0.15, 0.2) is 0 Å². The van der Waals surface area contributed by atoms with Crippen molar-refractivity contribution in [1.29, 1.82) is 0 Å². The standard InChI is InChI=1S/C14H21N3O2/c18-14(12-5-9-19-11-12)17-8-2-1-4-13(17)10-16-7-3-6-15-16/h3,6-7,12-13H,1-2,4-5,8-11H2. The minimum Gasteiger partial charge on any atom is -0.381 e. The predicted molar refractivity (Wildman–Crippen MR) is 70.5 cm³/mol. The van der Waals surface area contributed by atoms with E-state index in [9.17, 15) is 4.79 Å². The molecule has 2 aliphatic rings. The third kappa shape index (κ3) is 2.81. The van der Waals surface area contributed by atoms with Crippen LogP contribution in [0.4, 0.5) is 0 Å². The van der Waals surface area contributed by atoms with E-state index in [4.69, 9.17) is 4.74 Å². The Morgan fingerprint density at radius 2 is 2.32 bits per heavy atom. The number of hydrogen-bond acceptors (Lipinski definition) is 3. The Bertz CT molecular complexity index is 412. The number of hydrogen-bond donors (Lipinski definition) is 0. The van der Waals surface area contributed by atoms with Crippen LogP contribution in [0.1, 0.15) is 25.7 Å². The second kappa shape index (κ2) is 5.74. The van der Waals surface area contributed by atoms with Crippen molar-refractivity contribution < 1.29 is 9.53 Å². The molecule has 0 radical (unpaired) electrons. The molecule has 19 heavy (non-hydrogen) atoms. The van der Waals surface area contributed by atoms with Gasteiger partial charge >= 0.3 is 0 Å². The van der Waals surface area contributed by atoms with Crippen molar-refractivity contribution >= 4 is 5.91 Å². The van der Waals surface area contributed by atoms with Gasteiger partial charge in [0, 0.05) is 25.5 Å². The molecule has 2 saturated heterocycles. The average Bonchev–Trinajstić information content (AvgIpc) is 3.11. The van der Waals surface area contributed by atoms with E-state index in [1.165, 1.54) is 6.42 Å². The Hall–Kier alpha value is -1.36. The average molecular weight is 263 g/mol. The molecule has 2 fully saturated rings. The van der Waals surface area contributed by atoms with Crippen molar-refractivity contribution in [3.8, 4) is 0 Å². The fraction of sp³-hybridized carbons (Fsp3) is 0.714. The number of nitrogens with zero attached hydrogens (tertiary/aromatic N) is 3. The van der Waals surface area contributed by atoms with Gasteiger partial charge in [0.05, 0.1) is 25.1 Å². The first-order chi connectivity index (χ1) is 9.34. The maximum atomic E-state index is 12.6. The molecule has 0 aliphatic carbocycles. The lowest BCUT2D eigenvalue weighted by Gasteiger charge is -2.37. The van der Waals surface area contributed by atoms with Crippen LogP contribution in [0.2, 0.25) is 0 Å². The lowest BCUT2D eigenvalue weighted by molar-refractivity contribution is -0.139. The van der Waals surface area contributed by atoms with Gasteiger partial charge in [0.25, 0.3) is 0 Å². The molecule has 1 aromatic heterocycles. The zero-order chi connectivity index (χ0) is 13.1. The summed E-state index contributed by atoms with van der Waals surface area (Å²) in [7, 11) is 0. The molecule has 0 bridgehead atoms. The highest BCUT2D eigenvalue weighted by atomic mass is 16.5. The first-order valence-electron chi connectivity index (χ1n) is 7.20. The largest absolute Gasteiger partial charge is 0.381 e. The highest BCUT2D eigenvalue weighted by molar-refractivity contribution is 5.79. The van der Waals surface area contributed by atoms with Crippen LogP contribution in [0.15, 0.2) is 18.5 Å². The molecular weight excluding hydrogens is 242 g/mol. The van der Waals surface area contributed by atoms with Gasteiger partial charge in [-0.25, -0.2) is 0 Å². The first-order valence-corrected chi connectivity index (χ1v) is 7.20. The van der Waals surface area contributed by atoms with E-state index >= 15 is 0 Å². The Kier molecular flexibility index (Phi) is 3.82. The molecule has 0 spiro atoms. The van der Waals surface area contributed by atoms with Gasteiger partial charge < -0.3 is 9.64 Å². The summed E-state index contributed by atoms with van der Waals surface area (Å²) in [5.74, 6) is 0.368. The second-order valence-electron chi connectivity index (χ2n) is 5.47. The monoisotopic (exact) mass is 263 g/mol. The van der Waals surface area contributed by atoms with Crippen molar-refractivity contribution in [2.45, 2.75) is 38.3 Å². The quantitative estimate of drug-likeness (QED) is 0.826. The lowest BCUT2D eigenvalue weighted by atomic mass is 9.98. The summed E-state index contributed by atoms with van der Waals surface area (Å²) >= 11 is 0. The van der Waals surface area contributed by atoms with Gasteiger partial charge in [-0.1, -0.05) is 0 Å². The summed E-state index contributed by atoms with van der Waals surface area (Å²) in [6.45, 7) is 3.03. The Balaban J connectivity index is 1.67. The van der Waals surface area contributed by atoms with Crippen molar-refractivity contribution in [2.75, 3.05) is 19.8 Å². The van der Waals surface area contributed by atoms with Gasteiger partial charge in [-0.2, -0.15) is 5.10 Å². The molecule has 1 aromatic rings. The third-order valence-electron chi connectivity index (χ3n) is 4.15. The molecule has 5 nitrogen and oxygen atoms in total. The zero-order valence-electron chi connectivity index (χ0n) is 11.2. The van der Waals surface area contributed by atoms with E-state index in [1.54, 1.807) is 6.20 Å². The van der Waals surface area contributed by atoms with Gasteiger partial charge in [0.1, 0.15) is 0 Å². The Labute approximate surface area is 113 Å². The normalized spacial score (nSPS) is 27.7. The third-order valence-corrected chi connectivity index (χ3v) is 4.15. The molecule has 2 unspecified atom stereocenters. The summed E-state index contributed by atoms with van der Waals surface area (Å²) in [6, 6.07) is 2.22. The maximum absolute atomic E-state index is 12.6. The molecule has 5 heteroatoms. The van der Waals surface area contributed by atoms with Crippen LogP contribution in [0, 0.1) is 5.92 Å². The molecule has 104 valence electrons. The van der Waals surface area contributed by atoms with E-state index in [2.05, 4.69) is 10.00 Å². The number of rotatable bonds is 3. The number of ether oxygens (including phenoxy) is 1. The van der Waals surface area contributed by atoms with Crippen LogP contribution in [0.3, 0.4) is 0 Å². The van der Waals surface area contributed by atoms with E-state index in [1.807, 2.05) is 16.9 Å². The summed E-state index contributed by atoms with van der Waals surface area (Å²) in [6.07, 6.45) is 8.05. The van der Waals surface area contributed by atoms with Crippen LogP contribution in [-0.4, -0.2) is 46.4 Å². The van der Waals surface area contributed by atoms with Crippen LogP contribution in [0.25, 0.3) is 0 Å². The van der Waals surface area contributed by atoms with Gasteiger partial charge in [-0.3, -0.25) is 9.48 Å². The predicted octanol–water partition coefficient (Wildman–Crippen LogP) is 1.30. The summed E-state index contributed by atoms with van der Waals surface area (Å²) in [5.41, 5.74) is 0. The Morgan fingerprint density at radius 1 is 1.37 bits per heavy atom. The Morgan fingerprint density at radius 3 is 3.05 bits per heavy atom. The number of aromatic nitrogens is 2. The fourth-order valence-corrected chi connectivity index (χ4v) is 3.07. The number of amides is 1. The maximum Gasteiger partial charge on any atom is 0.228 e. The van der Waals surface area contributed by atoms with Crippen LogP contribution >= 0.6 is 0 Å². The number of likely N-dealkylation sites (tertiary alicyclic amines) is 1. The van der Waals surface area contributed by atoms with Crippen LogP contribution in [0.5, 0.6) is 0 Å². The topological polar surface area (TPSA) is 47.4 Å². The molecule has 1 amide bonds. The molecule has 2 atom stereocenters. The van der Waals surface area contributed by atoms with E-state index in [-0.39, 0.29) is 11.8 Å². The lowest BCUT2D eigenvalue weighted by Crippen LogP contribution is -2.48. The van der Waals surface area contributed by atoms with Crippen molar-refractivity contribution in [1.82, 2.24) is 14.7 Å². The summed E-state index contributed by atoms with van der Waals surface area (Å²) < 4.78 is 7.28. The molecular formula is C14H21N3O2. The number of carbonyl (C=O) groups excluding carboxylic acids is 1. The van der Waals surface area contributed by atoms with Crippen molar-refractivity contribution in [2.24, 2.45) is 5.92 Å². The van der Waals surface area contributed by atoms with Crippen molar-refractivity contribution in [3.05, 3.63) is 18.5 Å². The highest BCUT2D eigenvalue weighted by Gasteiger charge is 2.33. The molecule has 2 aliphatic heterocycles. The van der Waals surface area contributed by atoms with Crippen LogP contribution in [-0.2, 0) is 16.1 Å². The van der Waals surface area contributed by atoms with Crippen molar-refractivity contribution in [3.63, 3.8) is 0 Å². The molecule has 0 N–H and O–H groups in total. The van der Waals surface area contributed by atoms with Gasteiger partial charge in [-0.15, -0.1) is 0 Å². The summed E-state index contributed by atoms with van der Waals surface area (Å²) in [5, 5.41) is 4.26. The molecule has 3 heterocycles. The van der Waals surface area contributed by atoms with Crippen LogP contribution < -0.4 is 0 Å². The van der Waals surface area contributed by atoms with E-state index in [0.29, 0.717) is 12.6 Å². The number of carbonyl (C=O) groups is 1. The zero-order valence-corrected chi connectivity index (χ0v) is 11.2. The highest BCUT2D eigenvalue weighted by Crippen LogP contribution is 2.23. The van der Waals surface area contributed by atoms with Gasteiger partial charge in [-0.05, 0) is 31.7 Å². The second-order valence-corrected chi connectivity index (χ2v) is 5.47. The molecule has 0 saturated carbocycles. The minimum atomic E-state index is 0.0817. The van der Waals surface area contributed by atoms with Gasteiger partial charge in [0.2, 0.25) is 5.91 Å². The molecule has 0 aromatic carbocycles. The first kappa shape index (κ1) is 12.7.